The Hall–Kier alpha value is -3.81. The van der Waals surface area contributed by atoms with E-state index in [4.69, 9.17) is 0 Å². The van der Waals surface area contributed by atoms with E-state index in [1.807, 2.05) is 24.3 Å². The minimum Gasteiger partial charge on any atom is -0.348 e. The Morgan fingerprint density at radius 3 is 2.44 bits per heavy atom. The molecule has 0 aliphatic heterocycles. The third-order valence-electron chi connectivity index (χ3n) is 3.83. The average molecular weight is 363 g/mol. The number of hydrogen-bond acceptors (Lipinski definition) is 5. The van der Waals surface area contributed by atoms with Crippen LogP contribution in [0, 0.1) is 10.1 Å². The molecule has 0 radical (unpaired) electrons. The zero-order valence-corrected chi connectivity index (χ0v) is 14.4. The largest absolute Gasteiger partial charge is 0.348 e. The number of non-ortho nitro benzene ring substituents is 1. The van der Waals surface area contributed by atoms with Crippen molar-refractivity contribution in [2.24, 2.45) is 0 Å². The van der Waals surface area contributed by atoms with Gasteiger partial charge in [0.2, 0.25) is 5.91 Å². The summed E-state index contributed by atoms with van der Waals surface area (Å²) in [5.74, 6) is -0.236. The highest BCUT2D eigenvalue weighted by molar-refractivity contribution is 5.91. The molecule has 8 heteroatoms. The van der Waals surface area contributed by atoms with Gasteiger partial charge in [0, 0.05) is 24.8 Å². The lowest BCUT2D eigenvalue weighted by atomic mass is 10.1. The second-order valence-electron chi connectivity index (χ2n) is 5.81. The molecule has 0 fully saturated rings. The summed E-state index contributed by atoms with van der Waals surface area (Å²) >= 11 is 0. The van der Waals surface area contributed by atoms with Gasteiger partial charge in [-0.1, -0.05) is 24.3 Å². The Labute approximate surface area is 155 Å². The van der Waals surface area contributed by atoms with E-state index in [0.29, 0.717) is 18.7 Å². The van der Waals surface area contributed by atoms with Crippen LogP contribution < -0.4 is 5.32 Å². The minimum absolute atomic E-state index is 0.0175. The van der Waals surface area contributed by atoms with Crippen LogP contribution >= 0.6 is 0 Å². The van der Waals surface area contributed by atoms with Gasteiger partial charge in [0.15, 0.2) is 0 Å². The molecule has 1 N–H and O–H groups in total. The summed E-state index contributed by atoms with van der Waals surface area (Å²) < 4.78 is 1.74. The summed E-state index contributed by atoms with van der Waals surface area (Å²) in [5.41, 5.74) is 2.81. The Balaban J connectivity index is 1.49. The van der Waals surface area contributed by atoms with E-state index in [0.717, 1.165) is 11.1 Å². The standard InChI is InChI=1S/C19H17N5O3/c25-19(10-7-15-5-8-18(9-6-15)24(26)27)21-11-16-1-3-17(4-2-16)12-23-14-20-13-22-23/h1-10,13-14H,11-12H2,(H,21,25)/b10-7+. The predicted octanol–water partition coefficient (Wildman–Crippen LogP) is 2.56. The van der Waals surface area contributed by atoms with Crippen molar-refractivity contribution in [3.05, 3.63) is 94.1 Å². The van der Waals surface area contributed by atoms with Crippen LogP contribution in [0.4, 0.5) is 5.69 Å². The van der Waals surface area contributed by atoms with Gasteiger partial charge in [-0.15, -0.1) is 0 Å². The van der Waals surface area contributed by atoms with E-state index < -0.39 is 4.92 Å². The number of nitro benzene ring substituents is 1. The number of nitro groups is 1. The molecule has 136 valence electrons. The van der Waals surface area contributed by atoms with Gasteiger partial charge in [-0.2, -0.15) is 5.10 Å². The number of carbonyl (C=O) groups excluding carboxylic acids is 1. The van der Waals surface area contributed by atoms with Crippen molar-refractivity contribution in [1.29, 1.82) is 0 Å². The maximum Gasteiger partial charge on any atom is 0.269 e. The lowest BCUT2D eigenvalue weighted by Gasteiger charge is -2.05. The van der Waals surface area contributed by atoms with Crippen LogP contribution in [0.5, 0.6) is 0 Å². The summed E-state index contributed by atoms with van der Waals surface area (Å²) in [5, 5.41) is 17.5. The molecule has 0 saturated carbocycles. The van der Waals surface area contributed by atoms with E-state index in [9.17, 15) is 14.9 Å². The summed E-state index contributed by atoms with van der Waals surface area (Å²) in [6, 6.07) is 13.9. The fourth-order valence-electron chi connectivity index (χ4n) is 2.39. The van der Waals surface area contributed by atoms with Crippen LogP contribution in [-0.4, -0.2) is 25.6 Å². The lowest BCUT2D eigenvalue weighted by Crippen LogP contribution is -2.20. The monoisotopic (exact) mass is 363 g/mol. The molecule has 3 aromatic rings. The molecule has 8 nitrogen and oxygen atoms in total. The van der Waals surface area contributed by atoms with E-state index >= 15 is 0 Å². The van der Waals surface area contributed by atoms with Gasteiger partial charge in [0.25, 0.3) is 5.69 Å². The third kappa shape index (κ3) is 5.33. The molecule has 1 aromatic heterocycles. The number of nitrogens with zero attached hydrogens (tertiary/aromatic N) is 4. The summed E-state index contributed by atoms with van der Waals surface area (Å²) in [6.45, 7) is 1.05. The average Bonchev–Trinajstić information content (AvgIpc) is 3.19. The Morgan fingerprint density at radius 2 is 1.81 bits per heavy atom. The van der Waals surface area contributed by atoms with Crippen LogP contribution in [0.1, 0.15) is 16.7 Å². The van der Waals surface area contributed by atoms with Gasteiger partial charge in [0.05, 0.1) is 11.5 Å². The quantitative estimate of drug-likeness (QED) is 0.395. The predicted molar refractivity (Wildman–Crippen MR) is 99.5 cm³/mol. The number of amides is 1. The number of aromatic nitrogens is 3. The Kier molecular flexibility index (Phi) is 5.68. The van der Waals surface area contributed by atoms with Crippen molar-refractivity contribution in [3.8, 4) is 0 Å². The molecular weight excluding hydrogens is 346 g/mol. The molecule has 0 aliphatic carbocycles. The van der Waals surface area contributed by atoms with Crippen LogP contribution in [0.3, 0.4) is 0 Å². The number of rotatable bonds is 7. The van der Waals surface area contributed by atoms with Crippen molar-refractivity contribution < 1.29 is 9.72 Å². The zero-order valence-electron chi connectivity index (χ0n) is 14.4. The van der Waals surface area contributed by atoms with Crippen molar-refractivity contribution in [3.63, 3.8) is 0 Å². The molecule has 0 bridgehead atoms. The van der Waals surface area contributed by atoms with Gasteiger partial charge in [0.1, 0.15) is 12.7 Å². The van der Waals surface area contributed by atoms with Crippen molar-refractivity contribution in [2.45, 2.75) is 13.1 Å². The highest BCUT2D eigenvalue weighted by Crippen LogP contribution is 2.12. The minimum atomic E-state index is -0.461. The molecule has 2 aromatic carbocycles. The van der Waals surface area contributed by atoms with Gasteiger partial charge in [-0.25, -0.2) is 9.67 Å². The maximum absolute atomic E-state index is 11.9. The van der Waals surface area contributed by atoms with Gasteiger partial charge < -0.3 is 5.32 Å². The van der Waals surface area contributed by atoms with E-state index in [2.05, 4.69) is 15.4 Å². The molecule has 27 heavy (non-hydrogen) atoms. The first-order chi connectivity index (χ1) is 13.1. The van der Waals surface area contributed by atoms with E-state index in [-0.39, 0.29) is 11.6 Å². The Morgan fingerprint density at radius 1 is 1.11 bits per heavy atom. The SMILES string of the molecule is O=C(/C=C/c1ccc([N+](=O)[O-])cc1)NCc1ccc(Cn2cncn2)cc1. The number of hydrogen-bond donors (Lipinski definition) is 1. The summed E-state index contributed by atoms with van der Waals surface area (Å²) in [4.78, 5) is 26.0. The number of nitrogens with one attached hydrogen (secondary N) is 1. The van der Waals surface area contributed by atoms with Gasteiger partial charge in [-0.05, 0) is 34.9 Å². The molecule has 1 heterocycles. The first-order valence-electron chi connectivity index (χ1n) is 8.21. The van der Waals surface area contributed by atoms with Crippen molar-refractivity contribution in [2.75, 3.05) is 0 Å². The zero-order chi connectivity index (χ0) is 19.1. The van der Waals surface area contributed by atoms with Gasteiger partial charge in [-0.3, -0.25) is 14.9 Å². The lowest BCUT2D eigenvalue weighted by molar-refractivity contribution is -0.384. The fourth-order valence-corrected chi connectivity index (χ4v) is 2.39. The van der Waals surface area contributed by atoms with Crippen LogP contribution in [0.2, 0.25) is 0 Å². The number of benzene rings is 2. The smallest absolute Gasteiger partial charge is 0.269 e. The molecular formula is C19H17N5O3. The maximum atomic E-state index is 11.9. The van der Waals surface area contributed by atoms with Crippen molar-refractivity contribution >= 4 is 17.7 Å². The third-order valence-corrected chi connectivity index (χ3v) is 3.83. The molecule has 0 unspecified atom stereocenters. The van der Waals surface area contributed by atoms with Crippen LogP contribution in [-0.2, 0) is 17.9 Å². The van der Waals surface area contributed by atoms with E-state index in [1.54, 1.807) is 29.2 Å². The molecule has 0 atom stereocenters. The first-order valence-corrected chi connectivity index (χ1v) is 8.21. The molecule has 0 saturated heterocycles. The van der Waals surface area contributed by atoms with Gasteiger partial charge >= 0.3 is 0 Å². The molecule has 1 amide bonds. The van der Waals surface area contributed by atoms with Crippen LogP contribution in [0.15, 0.2) is 67.3 Å². The normalized spacial score (nSPS) is 10.8. The second-order valence-corrected chi connectivity index (χ2v) is 5.81. The highest BCUT2D eigenvalue weighted by Gasteiger charge is 2.03. The summed E-state index contributed by atoms with van der Waals surface area (Å²) in [7, 11) is 0. The van der Waals surface area contributed by atoms with Crippen LogP contribution in [0.25, 0.3) is 6.08 Å². The first kappa shape index (κ1) is 18.0. The van der Waals surface area contributed by atoms with E-state index in [1.165, 1.54) is 24.5 Å². The number of carbonyl (C=O) groups is 1. The molecule has 0 aliphatic rings. The molecule has 3 rings (SSSR count). The summed E-state index contributed by atoms with van der Waals surface area (Å²) in [6.07, 6.45) is 6.17. The Bertz CT molecular complexity index is 932. The topological polar surface area (TPSA) is 103 Å². The fraction of sp³-hybridized carbons (Fsp3) is 0.105. The van der Waals surface area contributed by atoms with Crippen molar-refractivity contribution in [1.82, 2.24) is 20.1 Å². The second kappa shape index (κ2) is 8.52. The molecule has 0 spiro atoms. The highest BCUT2D eigenvalue weighted by atomic mass is 16.6.